The van der Waals surface area contributed by atoms with Crippen LogP contribution < -0.4 is 10.1 Å². The van der Waals surface area contributed by atoms with Gasteiger partial charge in [-0.3, -0.25) is 4.68 Å². The lowest BCUT2D eigenvalue weighted by molar-refractivity contribution is 0.182. The van der Waals surface area contributed by atoms with Crippen molar-refractivity contribution >= 4 is 0 Å². The molecule has 23 heavy (non-hydrogen) atoms. The van der Waals surface area contributed by atoms with Gasteiger partial charge in [-0.15, -0.1) is 0 Å². The van der Waals surface area contributed by atoms with Crippen LogP contribution in [0.4, 0.5) is 0 Å². The molecule has 2 aromatic rings. The van der Waals surface area contributed by atoms with Gasteiger partial charge in [0.1, 0.15) is 0 Å². The Morgan fingerprint density at radius 3 is 2.30 bits per heavy atom. The third kappa shape index (κ3) is 3.73. The van der Waals surface area contributed by atoms with Gasteiger partial charge in [0.05, 0.1) is 37.2 Å². The Balaban J connectivity index is 2.03. The molecule has 1 N–H and O–H groups in total. The number of methoxy groups -OCH3 is 2. The van der Waals surface area contributed by atoms with Gasteiger partial charge in [-0.1, -0.05) is 0 Å². The molecule has 0 fully saturated rings. The van der Waals surface area contributed by atoms with E-state index in [1.807, 2.05) is 25.6 Å². The van der Waals surface area contributed by atoms with E-state index in [9.17, 15) is 0 Å². The van der Waals surface area contributed by atoms with Crippen molar-refractivity contribution in [3.05, 3.63) is 28.2 Å². The molecule has 0 unspecified atom stereocenters. The maximum Gasteiger partial charge on any atom is 0.216 e. The van der Waals surface area contributed by atoms with E-state index < -0.39 is 0 Å². The van der Waals surface area contributed by atoms with Crippen molar-refractivity contribution in [1.82, 2.24) is 24.9 Å². The van der Waals surface area contributed by atoms with Crippen molar-refractivity contribution in [2.75, 3.05) is 20.8 Å². The minimum Gasteiger partial charge on any atom is -0.481 e. The summed E-state index contributed by atoms with van der Waals surface area (Å²) in [5.41, 5.74) is 5.56. The maximum absolute atomic E-state index is 5.43. The Bertz CT molecular complexity index is 660. The van der Waals surface area contributed by atoms with E-state index in [2.05, 4.69) is 22.4 Å². The summed E-state index contributed by atoms with van der Waals surface area (Å²) in [5, 5.41) is 12.5. The first-order valence-corrected chi connectivity index (χ1v) is 7.78. The fourth-order valence-corrected chi connectivity index (χ4v) is 2.84. The molecule has 2 aromatic heterocycles. The molecule has 0 bridgehead atoms. The predicted molar refractivity (Wildman–Crippen MR) is 88.6 cm³/mol. The minimum absolute atomic E-state index is 0.668. The van der Waals surface area contributed by atoms with Gasteiger partial charge in [0.2, 0.25) is 5.88 Å². The van der Waals surface area contributed by atoms with Gasteiger partial charge in [-0.2, -0.15) is 10.2 Å². The molecule has 0 aliphatic rings. The molecule has 0 saturated carbocycles. The number of ether oxygens (including phenoxy) is 2. The van der Waals surface area contributed by atoms with E-state index in [1.54, 1.807) is 18.9 Å². The van der Waals surface area contributed by atoms with Crippen LogP contribution in [0.5, 0.6) is 5.88 Å². The molecule has 0 aromatic carbocycles. The highest BCUT2D eigenvalue weighted by Crippen LogP contribution is 2.21. The topological polar surface area (TPSA) is 66.1 Å². The standard InChI is InChI=1S/C16H27N5O2/c1-11-14(13(3)21(19-11)7-8-22-5)9-17-10-15-12(2)18-20(4)16(15)23-6/h17H,7-10H2,1-6H3. The van der Waals surface area contributed by atoms with Gasteiger partial charge >= 0.3 is 0 Å². The first-order chi connectivity index (χ1) is 11.0. The first kappa shape index (κ1) is 17.5. The zero-order valence-corrected chi connectivity index (χ0v) is 14.9. The number of hydrogen-bond acceptors (Lipinski definition) is 5. The Labute approximate surface area is 137 Å². The van der Waals surface area contributed by atoms with Crippen LogP contribution in [0.25, 0.3) is 0 Å². The smallest absolute Gasteiger partial charge is 0.216 e. The van der Waals surface area contributed by atoms with Crippen molar-refractivity contribution < 1.29 is 9.47 Å². The molecule has 0 spiro atoms. The number of rotatable bonds is 8. The van der Waals surface area contributed by atoms with Crippen molar-refractivity contribution in [1.29, 1.82) is 0 Å². The molecular weight excluding hydrogens is 294 g/mol. The summed E-state index contributed by atoms with van der Waals surface area (Å²) < 4.78 is 14.3. The second kappa shape index (κ2) is 7.61. The van der Waals surface area contributed by atoms with Crippen LogP contribution >= 0.6 is 0 Å². The van der Waals surface area contributed by atoms with Gasteiger partial charge < -0.3 is 14.8 Å². The highest BCUT2D eigenvalue weighted by Gasteiger charge is 2.15. The fraction of sp³-hybridized carbons (Fsp3) is 0.625. The maximum atomic E-state index is 5.43. The highest BCUT2D eigenvalue weighted by molar-refractivity contribution is 5.31. The van der Waals surface area contributed by atoms with Crippen LogP contribution in [0.15, 0.2) is 0 Å². The SMILES string of the molecule is COCCn1nc(C)c(CNCc2c(C)nn(C)c2OC)c1C. The van der Waals surface area contributed by atoms with Crippen molar-refractivity contribution in [2.24, 2.45) is 7.05 Å². The first-order valence-electron chi connectivity index (χ1n) is 7.78. The second-order valence-corrected chi connectivity index (χ2v) is 5.67. The summed E-state index contributed by atoms with van der Waals surface area (Å²) in [6, 6.07) is 0. The van der Waals surface area contributed by atoms with E-state index in [4.69, 9.17) is 9.47 Å². The van der Waals surface area contributed by atoms with Crippen molar-refractivity contribution in [2.45, 2.75) is 40.4 Å². The number of nitrogens with zero attached hydrogens (tertiary/aromatic N) is 4. The number of hydrogen-bond donors (Lipinski definition) is 1. The summed E-state index contributed by atoms with van der Waals surface area (Å²) in [5.74, 6) is 0.805. The molecule has 2 rings (SSSR count). The molecule has 7 nitrogen and oxygen atoms in total. The van der Waals surface area contributed by atoms with E-state index in [1.165, 1.54) is 11.3 Å². The van der Waals surface area contributed by atoms with Gasteiger partial charge in [0, 0.05) is 38.5 Å². The average Bonchev–Trinajstić information content (AvgIpc) is 2.94. The Hall–Kier alpha value is -1.86. The van der Waals surface area contributed by atoms with E-state index in [0.717, 1.165) is 35.9 Å². The zero-order chi connectivity index (χ0) is 17.0. The molecule has 0 atom stereocenters. The normalized spacial score (nSPS) is 11.2. The van der Waals surface area contributed by atoms with Crippen molar-refractivity contribution in [3.8, 4) is 5.88 Å². The number of aromatic nitrogens is 4. The number of aryl methyl sites for hydroxylation is 3. The zero-order valence-electron chi connectivity index (χ0n) is 14.9. The molecule has 2 heterocycles. The monoisotopic (exact) mass is 321 g/mol. The van der Waals surface area contributed by atoms with Crippen LogP contribution in [0.2, 0.25) is 0 Å². The number of nitrogens with one attached hydrogen (secondary N) is 1. The summed E-state index contributed by atoms with van der Waals surface area (Å²) in [6.45, 7) is 9.07. The summed E-state index contributed by atoms with van der Waals surface area (Å²) in [4.78, 5) is 0. The van der Waals surface area contributed by atoms with Gasteiger partial charge in [0.25, 0.3) is 0 Å². The van der Waals surface area contributed by atoms with Gasteiger partial charge in [-0.05, 0) is 20.8 Å². The summed E-state index contributed by atoms with van der Waals surface area (Å²) in [7, 11) is 5.27. The third-order valence-corrected chi connectivity index (χ3v) is 4.12. The Morgan fingerprint density at radius 2 is 1.65 bits per heavy atom. The molecule has 0 aliphatic heterocycles. The summed E-state index contributed by atoms with van der Waals surface area (Å²) >= 11 is 0. The Kier molecular flexibility index (Phi) is 5.79. The average molecular weight is 321 g/mol. The van der Waals surface area contributed by atoms with Crippen LogP contribution in [0.1, 0.15) is 28.2 Å². The van der Waals surface area contributed by atoms with E-state index >= 15 is 0 Å². The largest absolute Gasteiger partial charge is 0.481 e. The third-order valence-electron chi connectivity index (χ3n) is 4.12. The van der Waals surface area contributed by atoms with Crippen molar-refractivity contribution in [3.63, 3.8) is 0 Å². The lowest BCUT2D eigenvalue weighted by atomic mass is 10.2. The molecule has 0 amide bonds. The second-order valence-electron chi connectivity index (χ2n) is 5.67. The lowest BCUT2D eigenvalue weighted by Crippen LogP contribution is -2.15. The Morgan fingerprint density at radius 1 is 1.00 bits per heavy atom. The van der Waals surface area contributed by atoms with Crippen LogP contribution in [0.3, 0.4) is 0 Å². The van der Waals surface area contributed by atoms with Gasteiger partial charge in [0.15, 0.2) is 0 Å². The lowest BCUT2D eigenvalue weighted by Gasteiger charge is -2.08. The quantitative estimate of drug-likeness (QED) is 0.798. The molecule has 0 saturated heterocycles. The molecule has 0 radical (unpaired) electrons. The van der Waals surface area contributed by atoms with Crippen LogP contribution in [-0.2, 0) is 31.4 Å². The summed E-state index contributed by atoms with van der Waals surface area (Å²) in [6.07, 6.45) is 0. The highest BCUT2D eigenvalue weighted by atomic mass is 16.5. The van der Waals surface area contributed by atoms with E-state index in [0.29, 0.717) is 13.2 Å². The van der Waals surface area contributed by atoms with Crippen LogP contribution in [-0.4, -0.2) is 40.4 Å². The van der Waals surface area contributed by atoms with Gasteiger partial charge in [-0.25, -0.2) is 4.68 Å². The molecule has 128 valence electrons. The fourth-order valence-electron chi connectivity index (χ4n) is 2.84. The molecular formula is C16H27N5O2. The predicted octanol–water partition coefficient (Wildman–Crippen LogP) is 1.49. The molecule has 7 heteroatoms. The minimum atomic E-state index is 0.668. The molecule has 0 aliphatic carbocycles. The van der Waals surface area contributed by atoms with E-state index in [-0.39, 0.29) is 0 Å². The van der Waals surface area contributed by atoms with Crippen LogP contribution in [0, 0.1) is 20.8 Å².